The van der Waals surface area contributed by atoms with Gasteiger partial charge in [-0.1, -0.05) is 24.6 Å². The standard InChI is InChI=1S/C11H20O/c1-6-7-11(5,10(4)12)8-9(2)3/h6-7,10,12H,2,8H2,1,3-5H3. The molecule has 2 atom stereocenters. The van der Waals surface area contributed by atoms with Crippen LogP contribution in [0.25, 0.3) is 0 Å². The van der Waals surface area contributed by atoms with Gasteiger partial charge in [-0.3, -0.25) is 0 Å². The highest BCUT2D eigenvalue weighted by atomic mass is 16.3. The van der Waals surface area contributed by atoms with Gasteiger partial charge in [0.05, 0.1) is 6.10 Å². The summed E-state index contributed by atoms with van der Waals surface area (Å²) < 4.78 is 0. The third-order valence-electron chi connectivity index (χ3n) is 2.18. The molecule has 0 spiro atoms. The Bertz CT molecular complexity index is 179. The number of hydrogen-bond acceptors (Lipinski definition) is 1. The van der Waals surface area contributed by atoms with Crippen LogP contribution in [0.2, 0.25) is 0 Å². The van der Waals surface area contributed by atoms with E-state index in [1.165, 1.54) is 0 Å². The smallest absolute Gasteiger partial charge is 0.0603 e. The number of allylic oxidation sites excluding steroid dienone is 2. The van der Waals surface area contributed by atoms with Crippen LogP contribution in [0.5, 0.6) is 0 Å². The Morgan fingerprint density at radius 2 is 2.17 bits per heavy atom. The molecule has 0 amide bonds. The normalized spacial score (nSPS) is 19.1. The van der Waals surface area contributed by atoms with Crippen LogP contribution in [-0.4, -0.2) is 11.2 Å². The number of aliphatic hydroxyl groups excluding tert-OH is 1. The van der Waals surface area contributed by atoms with Gasteiger partial charge in [-0.25, -0.2) is 0 Å². The lowest BCUT2D eigenvalue weighted by atomic mass is 9.79. The lowest BCUT2D eigenvalue weighted by Crippen LogP contribution is -2.27. The molecule has 2 unspecified atom stereocenters. The van der Waals surface area contributed by atoms with Gasteiger partial charge in [0.25, 0.3) is 0 Å². The summed E-state index contributed by atoms with van der Waals surface area (Å²) in [5.41, 5.74) is 0.956. The van der Waals surface area contributed by atoms with E-state index in [-0.39, 0.29) is 11.5 Å². The minimum Gasteiger partial charge on any atom is -0.393 e. The van der Waals surface area contributed by atoms with Crippen molar-refractivity contribution in [1.29, 1.82) is 0 Å². The fourth-order valence-corrected chi connectivity index (χ4v) is 1.38. The molecule has 70 valence electrons. The van der Waals surface area contributed by atoms with Gasteiger partial charge in [0.2, 0.25) is 0 Å². The molecule has 0 saturated carbocycles. The number of rotatable bonds is 4. The second-order valence-corrected chi connectivity index (χ2v) is 3.82. The fraction of sp³-hybridized carbons (Fsp3) is 0.636. The van der Waals surface area contributed by atoms with Crippen molar-refractivity contribution >= 4 is 0 Å². The van der Waals surface area contributed by atoms with Gasteiger partial charge in [0.1, 0.15) is 0 Å². The molecule has 0 radical (unpaired) electrons. The SMILES string of the molecule is C=C(C)CC(C)(C=CC)C(C)O. The third kappa shape index (κ3) is 3.22. The molecule has 0 aliphatic heterocycles. The summed E-state index contributed by atoms with van der Waals surface area (Å²) in [5.74, 6) is 0. The Morgan fingerprint density at radius 1 is 1.67 bits per heavy atom. The van der Waals surface area contributed by atoms with Crippen LogP contribution >= 0.6 is 0 Å². The van der Waals surface area contributed by atoms with E-state index in [1.54, 1.807) is 0 Å². The maximum absolute atomic E-state index is 9.56. The Hall–Kier alpha value is -0.560. The van der Waals surface area contributed by atoms with E-state index < -0.39 is 0 Å². The molecule has 12 heavy (non-hydrogen) atoms. The highest BCUT2D eigenvalue weighted by Crippen LogP contribution is 2.30. The fourth-order valence-electron chi connectivity index (χ4n) is 1.38. The lowest BCUT2D eigenvalue weighted by molar-refractivity contribution is 0.0871. The minimum absolute atomic E-state index is 0.152. The molecule has 1 nitrogen and oxygen atoms in total. The quantitative estimate of drug-likeness (QED) is 0.640. The van der Waals surface area contributed by atoms with Crippen LogP contribution in [0.3, 0.4) is 0 Å². The first-order valence-corrected chi connectivity index (χ1v) is 4.38. The van der Waals surface area contributed by atoms with Crippen LogP contribution in [0.4, 0.5) is 0 Å². The molecule has 0 fully saturated rings. The Balaban J connectivity index is 4.50. The van der Waals surface area contributed by atoms with Gasteiger partial charge in [0.15, 0.2) is 0 Å². The topological polar surface area (TPSA) is 20.2 Å². The summed E-state index contributed by atoms with van der Waals surface area (Å²) >= 11 is 0. The second-order valence-electron chi connectivity index (χ2n) is 3.82. The van der Waals surface area contributed by atoms with Crippen molar-refractivity contribution in [3.63, 3.8) is 0 Å². The summed E-state index contributed by atoms with van der Waals surface area (Å²) in [6.07, 6.45) is 4.54. The maximum atomic E-state index is 9.56. The molecule has 0 saturated heterocycles. The van der Waals surface area contributed by atoms with E-state index in [1.807, 2.05) is 39.8 Å². The van der Waals surface area contributed by atoms with Crippen molar-refractivity contribution in [3.8, 4) is 0 Å². The molecule has 1 heteroatoms. The highest BCUT2D eigenvalue weighted by Gasteiger charge is 2.26. The Labute approximate surface area is 75.8 Å². The summed E-state index contributed by atoms with van der Waals surface area (Å²) in [5, 5.41) is 9.56. The molecule has 0 aromatic rings. The third-order valence-corrected chi connectivity index (χ3v) is 2.18. The van der Waals surface area contributed by atoms with Crippen molar-refractivity contribution in [2.24, 2.45) is 5.41 Å². The molecule has 0 rings (SSSR count). The summed E-state index contributed by atoms with van der Waals surface area (Å²) in [7, 11) is 0. The van der Waals surface area contributed by atoms with Gasteiger partial charge in [-0.05, 0) is 27.2 Å². The van der Waals surface area contributed by atoms with Gasteiger partial charge >= 0.3 is 0 Å². The van der Waals surface area contributed by atoms with Crippen molar-refractivity contribution < 1.29 is 5.11 Å². The van der Waals surface area contributed by atoms with Gasteiger partial charge in [-0.15, -0.1) is 6.58 Å². The lowest BCUT2D eigenvalue weighted by Gasteiger charge is -2.29. The van der Waals surface area contributed by atoms with Gasteiger partial charge in [-0.2, -0.15) is 0 Å². The van der Waals surface area contributed by atoms with Crippen molar-refractivity contribution in [2.75, 3.05) is 0 Å². The van der Waals surface area contributed by atoms with E-state index in [0.29, 0.717) is 0 Å². The minimum atomic E-state index is -0.328. The van der Waals surface area contributed by atoms with E-state index >= 15 is 0 Å². The largest absolute Gasteiger partial charge is 0.393 e. The zero-order valence-electron chi connectivity index (χ0n) is 8.59. The second kappa shape index (κ2) is 4.46. The van der Waals surface area contributed by atoms with Crippen LogP contribution < -0.4 is 0 Å². The van der Waals surface area contributed by atoms with Gasteiger partial charge < -0.3 is 5.11 Å². The van der Waals surface area contributed by atoms with E-state index in [2.05, 4.69) is 6.58 Å². The molecule has 0 aromatic heterocycles. The average Bonchev–Trinajstić information content (AvgIpc) is 1.85. The predicted molar refractivity (Wildman–Crippen MR) is 54.0 cm³/mol. The monoisotopic (exact) mass is 168 g/mol. The number of aliphatic hydroxyl groups is 1. The Kier molecular flexibility index (Phi) is 4.25. The summed E-state index contributed by atoms with van der Waals surface area (Å²) in [6, 6.07) is 0. The first kappa shape index (κ1) is 11.4. The van der Waals surface area contributed by atoms with E-state index in [4.69, 9.17) is 0 Å². The molecule has 0 bridgehead atoms. The van der Waals surface area contributed by atoms with Crippen LogP contribution in [0.1, 0.15) is 34.1 Å². The average molecular weight is 168 g/mol. The first-order valence-electron chi connectivity index (χ1n) is 4.38. The van der Waals surface area contributed by atoms with Gasteiger partial charge in [0, 0.05) is 5.41 Å². The zero-order valence-corrected chi connectivity index (χ0v) is 8.59. The van der Waals surface area contributed by atoms with E-state index in [9.17, 15) is 5.11 Å². The number of hydrogen-bond donors (Lipinski definition) is 1. The zero-order chi connectivity index (χ0) is 9.78. The Morgan fingerprint density at radius 3 is 2.42 bits per heavy atom. The van der Waals surface area contributed by atoms with Crippen LogP contribution in [0.15, 0.2) is 24.3 Å². The molecule has 0 aromatic carbocycles. The molecular weight excluding hydrogens is 148 g/mol. The van der Waals surface area contributed by atoms with Crippen molar-refractivity contribution in [1.82, 2.24) is 0 Å². The summed E-state index contributed by atoms with van der Waals surface area (Å²) in [4.78, 5) is 0. The maximum Gasteiger partial charge on any atom is 0.0603 e. The van der Waals surface area contributed by atoms with Crippen molar-refractivity contribution in [3.05, 3.63) is 24.3 Å². The van der Waals surface area contributed by atoms with E-state index in [0.717, 1.165) is 12.0 Å². The summed E-state index contributed by atoms with van der Waals surface area (Å²) in [6.45, 7) is 11.7. The molecule has 1 N–H and O–H groups in total. The first-order chi connectivity index (χ1) is 5.42. The molecule has 0 aliphatic rings. The van der Waals surface area contributed by atoms with Crippen LogP contribution in [-0.2, 0) is 0 Å². The van der Waals surface area contributed by atoms with Crippen molar-refractivity contribution in [2.45, 2.75) is 40.2 Å². The predicted octanol–water partition coefficient (Wildman–Crippen LogP) is 2.92. The molecule has 0 aliphatic carbocycles. The molecule has 0 heterocycles. The molecular formula is C11H20O. The van der Waals surface area contributed by atoms with Crippen LogP contribution in [0, 0.1) is 5.41 Å². The highest BCUT2D eigenvalue weighted by molar-refractivity contribution is 5.06.